The molecule has 2 aromatic rings. The number of nitrogen functional groups attached to an aromatic ring is 1. The molecule has 0 atom stereocenters. The zero-order chi connectivity index (χ0) is 14.5. The first-order valence-electron chi connectivity index (χ1n) is 6.87. The summed E-state index contributed by atoms with van der Waals surface area (Å²) in [5.74, 6) is 0.732. The third kappa shape index (κ3) is 3.44. The summed E-state index contributed by atoms with van der Waals surface area (Å²) in [7, 11) is 4.00. The van der Waals surface area contributed by atoms with Crippen LogP contribution < -0.4 is 15.4 Å². The Balaban J connectivity index is 2.07. The highest BCUT2D eigenvalue weighted by molar-refractivity contribution is 5.61. The molecule has 106 valence electrons. The summed E-state index contributed by atoms with van der Waals surface area (Å²) in [6.45, 7) is 2.68. The Labute approximate surface area is 121 Å². The van der Waals surface area contributed by atoms with Crippen molar-refractivity contribution in [1.82, 2.24) is 0 Å². The molecule has 0 aliphatic rings. The first-order chi connectivity index (χ1) is 9.60. The summed E-state index contributed by atoms with van der Waals surface area (Å²) < 4.78 is 5.84. The number of benzene rings is 2. The standard InChI is InChI=1S/C17H22N2O/c1-4-13-5-7-14(8-6-13)12-20-17-11-15(19(2)3)9-10-16(17)18/h5-11H,4,12,18H2,1-3H3. The van der Waals surface area contributed by atoms with Gasteiger partial charge in [-0.3, -0.25) is 0 Å². The minimum atomic E-state index is 0.533. The maximum atomic E-state index is 5.96. The number of nitrogens with zero attached hydrogens (tertiary/aromatic N) is 1. The molecule has 0 fully saturated rings. The van der Waals surface area contributed by atoms with E-state index in [1.165, 1.54) is 5.56 Å². The maximum Gasteiger partial charge on any atom is 0.144 e. The van der Waals surface area contributed by atoms with Crippen LogP contribution in [0.15, 0.2) is 42.5 Å². The van der Waals surface area contributed by atoms with Gasteiger partial charge in [-0.05, 0) is 29.7 Å². The zero-order valence-corrected chi connectivity index (χ0v) is 12.4. The molecule has 20 heavy (non-hydrogen) atoms. The van der Waals surface area contributed by atoms with Gasteiger partial charge in [0.2, 0.25) is 0 Å². The molecule has 0 amide bonds. The first kappa shape index (κ1) is 14.3. The molecule has 0 unspecified atom stereocenters. The van der Waals surface area contributed by atoms with Gasteiger partial charge in [-0.25, -0.2) is 0 Å². The van der Waals surface area contributed by atoms with Crippen LogP contribution in [0.5, 0.6) is 5.75 Å². The van der Waals surface area contributed by atoms with Crippen molar-refractivity contribution < 1.29 is 4.74 Å². The topological polar surface area (TPSA) is 38.5 Å². The number of rotatable bonds is 5. The lowest BCUT2D eigenvalue weighted by atomic mass is 10.1. The Kier molecular flexibility index (Phi) is 4.51. The minimum absolute atomic E-state index is 0.533. The molecule has 0 bridgehead atoms. The van der Waals surface area contributed by atoms with Crippen LogP contribution in [0.3, 0.4) is 0 Å². The maximum absolute atomic E-state index is 5.96. The number of aryl methyl sites for hydroxylation is 1. The molecule has 2 aromatic carbocycles. The van der Waals surface area contributed by atoms with Gasteiger partial charge in [-0.15, -0.1) is 0 Å². The SMILES string of the molecule is CCc1ccc(COc2cc(N(C)C)ccc2N)cc1. The number of ether oxygens (including phenoxy) is 1. The lowest BCUT2D eigenvalue weighted by molar-refractivity contribution is 0.308. The molecule has 2 rings (SSSR count). The molecule has 0 heterocycles. The highest BCUT2D eigenvalue weighted by Gasteiger charge is 2.04. The van der Waals surface area contributed by atoms with Crippen molar-refractivity contribution in [3.05, 3.63) is 53.6 Å². The molecule has 3 heteroatoms. The Morgan fingerprint density at radius 3 is 2.25 bits per heavy atom. The van der Waals surface area contributed by atoms with E-state index in [-0.39, 0.29) is 0 Å². The van der Waals surface area contributed by atoms with Crippen LogP contribution in [0.2, 0.25) is 0 Å². The van der Waals surface area contributed by atoms with Gasteiger partial charge in [0, 0.05) is 25.8 Å². The molecular weight excluding hydrogens is 248 g/mol. The van der Waals surface area contributed by atoms with Gasteiger partial charge in [0.1, 0.15) is 12.4 Å². The predicted octanol–water partition coefficient (Wildman–Crippen LogP) is 3.48. The molecule has 3 nitrogen and oxygen atoms in total. The van der Waals surface area contributed by atoms with Crippen molar-refractivity contribution in [3.8, 4) is 5.75 Å². The highest BCUT2D eigenvalue weighted by atomic mass is 16.5. The Morgan fingerprint density at radius 2 is 1.65 bits per heavy atom. The predicted molar refractivity (Wildman–Crippen MR) is 85.3 cm³/mol. The molecule has 2 N–H and O–H groups in total. The van der Waals surface area contributed by atoms with Crippen molar-refractivity contribution >= 4 is 11.4 Å². The molecule has 0 spiro atoms. The van der Waals surface area contributed by atoms with Crippen LogP contribution in [0.4, 0.5) is 11.4 Å². The Morgan fingerprint density at radius 1 is 1.00 bits per heavy atom. The summed E-state index contributed by atoms with van der Waals surface area (Å²) >= 11 is 0. The van der Waals surface area contributed by atoms with Gasteiger partial charge < -0.3 is 15.4 Å². The minimum Gasteiger partial charge on any atom is -0.487 e. The van der Waals surface area contributed by atoms with Gasteiger partial charge in [0.25, 0.3) is 0 Å². The van der Waals surface area contributed by atoms with Gasteiger partial charge in [-0.1, -0.05) is 31.2 Å². The normalized spacial score (nSPS) is 10.3. The van der Waals surface area contributed by atoms with E-state index in [2.05, 4.69) is 31.2 Å². The number of hydrogen-bond acceptors (Lipinski definition) is 3. The van der Waals surface area contributed by atoms with Crippen LogP contribution in [0.25, 0.3) is 0 Å². The van der Waals surface area contributed by atoms with Gasteiger partial charge >= 0.3 is 0 Å². The quantitative estimate of drug-likeness (QED) is 0.845. The summed E-state index contributed by atoms with van der Waals surface area (Å²) in [5, 5.41) is 0. The number of hydrogen-bond donors (Lipinski definition) is 1. The third-order valence-electron chi connectivity index (χ3n) is 3.34. The highest BCUT2D eigenvalue weighted by Crippen LogP contribution is 2.27. The van der Waals surface area contributed by atoms with E-state index in [0.717, 1.165) is 23.4 Å². The van der Waals surface area contributed by atoms with Gasteiger partial charge in [0.15, 0.2) is 0 Å². The van der Waals surface area contributed by atoms with E-state index in [4.69, 9.17) is 10.5 Å². The average molecular weight is 270 g/mol. The molecule has 0 aliphatic carbocycles. The average Bonchev–Trinajstić information content (AvgIpc) is 2.46. The van der Waals surface area contributed by atoms with Crippen molar-refractivity contribution in [2.75, 3.05) is 24.7 Å². The molecule has 0 aromatic heterocycles. The van der Waals surface area contributed by atoms with Crippen LogP contribution in [-0.4, -0.2) is 14.1 Å². The van der Waals surface area contributed by atoms with Gasteiger partial charge in [-0.2, -0.15) is 0 Å². The van der Waals surface area contributed by atoms with Crippen molar-refractivity contribution in [2.24, 2.45) is 0 Å². The second-order valence-electron chi connectivity index (χ2n) is 5.08. The van der Waals surface area contributed by atoms with Crippen molar-refractivity contribution in [3.63, 3.8) is 0 Å². The third-order valence-corrected chi connectivity index (χ3v) is 3.34. The van der Waals surface area contributed by atoms with Crippen LogP contribution in [0, 0.1) is 0 Å². The summed E-state index contributed by atoms with van der Waals surface area (Å²) in [5.41, 5.74) is 10.2. The van der Waals surface area contributed by atoms with Gasteiger partial charge in [0.05, 0.1) is 5.69 Å². The van der Waals surface area contributed by atoms with Crippen molar-refractivity contribution in [1.29, 1.82) is 0 Å². The van der Waals surface area contributed by atoms with Crippen LogP contribution in [-0.2, 0) is 13.0 Å². The fraction of sp³-hybridized carbons (Fsp3) is 0.294. The molecule has 0 aliphatic heterocycles. The zero-order valence-electron chi connectivity index (χ0n) is 12.4. The lowest BCUT2D eigenvalue weighted by Crippen LogP contribution is -2.09. The number of anilines is 2. The monoisotopic (exact) mass is 270 g/mol. The van der Waals surface area contributed by atoms with E-state index in [1.54, 1.807) is 0 Å². The second-order valence-corrected chi connectivity index (χ2v) is 5.08. The Bertz CT molecular complexity index is 562. The fourth-order valence-corrected chi connectivity index (χ4v) is 1.96. The van der Waals surface area contributed by atoms with E-state index in [0.29, 0.717) is 12.3 Å². The van der Waals surface area contributed by atoms with Crippen LogP contribution in [0.1, 0.15) is 18.1 Å². The largest absolute Gasteiger partial charge is 0.487 e. The molecule has 0 saturated heterocycles. The Hall–Kier alpha value is -2.16. The lowest BCUT2D eigenvalue weighted by Gasteiger charge is -2.16. The van der Waals surface area contributed by atoms with E-state index >= 15 is 0 Å². The first-order valence-corrected chi connectivity index (χ1v) is 6.87. The smallest absolute Gasteiger partial charge is 0.144 e. The molecule has 0 saturated carbocycles. The van der Waals surface area contributed by atoms with Crippen molar-refractivity contribution in [2.45, 2.75) is 20.0 Å². The second kappa shape index (κ2) is 6.33. The number of nitrogens with two attached hydrogens (primary N) is 1. The summed E-state index contributed by atoms with van der Waals surface area (Å²) in [6.07, 6.45) is 1.05. The van der Waals surface area contributed by atoms with E-state index < -0.39 is 0 Å². The molecule has 0 radical (unpaired) electrons. The van der Waals surface area contributed by atoms with Crippen LogP contribution >= 0.6 is 0 Å². The van der Waals surface area contributed by atoms with E-state index in [9.17, 15) is 0 Å². The fourth-order valence-electron chi connectivity index (χ4n) is 1.96. The molecular formula is C17H22N2O. The van der Waals surface area contributed by atoms with E-state index in [1.807, 2.05) is 37.2 Å². The summed E-state index contributed by atoms with van der Waals surface area (Å²) in [6, 6.07) is 14.3. The summed E-state index contributed by atoms with van der Waals surface area (Å²) in [4.78, 5) is 2.03.